The van der Waals surface area contributed by atoms with Crippen molar-refractivity contribution in [2.45, 2.75) is 11.8 Å². The number of anilines is 1. The molecule has 1 aromatic heterocycles. The van der Waals surface area contributed by atoms with Crippen molar-refractivity contribution < 1.29 is 17.9 Å². The average Bonchev–Trinajstić information content (AvgIpc) is 2.87. The Balaban J connectivity index is 2.20. The van der Waals surface area contributed by atoms with Gasteiger partial charge in [-0.25, -0.2) is 18.2 Å². The van der Waals surface area contributed by atoms with Crippen LogP contribution < -0.4 is 4.72 Å². The lowest BCUT2D eigenvalue weighted by Crippen LogP contribution is -2.12. The molecule has 0 aliphatic heterocycles. The summed E-state index contributed by atoms with van der Waals surface area (Å²) in [5.41, 5.74) is 0. The van der Waals surface area contributed by atoms with Crippen LogP contribution in [-0.4, -0.2) is 26.0 Å². The predicted molar refractivity (Wildman–Crippen MR) is 80.3 cm³/mol. The normalized spacial score (nSPS) is 11.1. The van der Waals surface area contributed by atoms with Crippen LogP contribution in [0.15, 0.2) is 35.4 Å². The van der Waals surface area contributed by atoms with E-state index < -0.39 is 16.0 Å². The van der Waals surface area contributed by atoms with Gasteiger partial charge >= 0.3 is 5.97 Å². The molecule has 6 nitrogen and oxygen atoms in total. The third kappa shape index (κ3) is 3.93. The van der Waals surface area contributed by atoms with Gasteiger partial charge in [0.25, 0.3) is 10.0 Å². The minimum Gasteiger partial charge on any atom is -0.462 e. The van der Waals surface area contributed by atoms with E-state index in [2.05, 4.69) is 9.71 Å². The molecule has 1 heterocycles. The second-order valence-electron chi connectivity index (χ2n) is 3.81. The first-order valence-electron chi connectivity index (χ1n) is 5.83. The topological polar surface area (TPSA) is 85.4 Å². The van der Waals surface area contributed by atoms with Crippen molar-refractivity contribution in [3.05, 3.63) is 40.4 Å². The molecule has 2 rings (SSSR count). The molecule has 0 amide bonds. The number of hydrogen-bond acceptors (Lipinski definition) is 6. The lowest BCUT2D eigenvalue weighted by Gasteiger charge is -2.05. The lowest BCUT2D eigenvalue weighted by atomic mass is 10.4. The van der Waals surface area contributed by atoms with Crippen LogP contribution in [0.25, 0.3) is 0 Å². The Bertz CT molecular complexity index is 758. The highest BCUT2D eigenvalue weighted by Crippen LogP contribution is 2.23. The van der Waals surface area contributed by atoms with Crippen LogP contribution in [0, 0.1) is 0 Å². The highest BCUT2D eigenvalue weighted by molar-refractivity contribution is 7.93. The summed E-state index contributed by atoms with van der Waals surface area (Å²) in [6.07, 6.45) is 1.26. The Morgan fingerprint density at radius 1 is 1.48 bits per heavy atom. The maximum atomic E-state index is 12.1. The minimum atomic E-state index is -3.80. The number of halogens is 1. The van der Waals surface area contributed by atoms with Gasteiger partial charge in [0.15, 0.2) is 5.13 Å². The molecular weight excluding hydrogens is 336 g/mol. The summed E-state index contributed by atoms with van der Waals surface area (Å²) >= 11 is 6.67. The number of carbonyl (C=O) groups is 1. The number of nitrogens with one attached hydrogen (secondary N) is 1. The van der Waals surface area contributed by atoms with Gasteiger partial charge < -0.3 is 4.74 Å². The first kappa shape index (κ1) is 15.7. The van der Waals surface area contributed by atoms with Gasteiger partial charge in [0.1, 0.15) is 4.88 Å². The van der Waals surface area contributed by atoms with Crippen molar-refractivity contribution in [2.75, 3.05) is 11.3 Å². The van der Waals surface area contributed by atoms with Gasteiger partial charge in [0.2, 0.25) is 0 Å². The zero-order valence-corrected chi connectivity index (χ0v) is 13.3. The third-order valence-electron chi connectivity index (χ3n) is 2.31. The quantitative estimate of drug-likeness (QED) is 0.841. The van der Waals surface area contributed by atoms with Gasteiger partial charge in [0.05, 0.1) is 17.7 Å². The monoisotopic (exact) mass is 346 g/mol. The largest absolute Gasteiger partial charge is 0.462 e. The van der Waals surface area contributed by atoms with Crippen LogP contribution in [0.5, 0.6) is 0 Å². The van der Waals surface area contributed by atoms with E-state index in [4.69, 9.17) is 16.3 Å². The smallest absolute Gasteiger partial charge is 0.350 e. The number of nitrogens with zero attached hydrogens (tertiary/aromatic N) is 1. The molecule has 0 saturated heterocycles. The standard InChI is InChI=1S/C12H11ClN2O4S2/c1-2-19-11(16)10-7-14-12(20-10)15-21(17,18)9-5-3-4-8(13)6-9/h3-7H,2H2,1H3,(H,14,15). The van der Waals surface area contributed by atoms with Gasteiger partial charge in [-0.1, -0.05) is 29.0 Å². The number of thiazole rings is 1. The number of hydrogen-bond donors (Lipinski definition) is 1. The van der Waals surface area contributed by atoms with E-state index in [0.717, 1.165) is 11.3 Å². The molecule has 112 valence electrons. The Kier molecular flexibility index (Phi) is 4.81. The molecule has 9 heteroatoms. The molecule has 0 radical (unpaired) electrons. The molecule has 0 bridgehead atoms. The van der Waals surface area contributed by atoms with Crippen LogP contribution in [0.3, 0.4) is 0 Å². The van der Waals surface area contributed by atoms with Crippen LogP contribution in [-0.2, 0) is 14.8 Å². The Hall–Kier alpha value is -1.64. The van der Waals surface area contributed by atoms with Crippen molar-refractivity contribution in [3.63, 3.8) is 0 Å². The molecule has 1 N–H and O–H groups in total. The van der Waals surface area contributed by atoms with E-state index in [1.165, 1.54) is 24.4 Å². The van der Waals surface area contributed by atoms with Crippen LogP contribution in [0.2, 0.25) is 5.02 Å². The summed E-state index contributed by atoms with van der Waals surface area (Å²) < 4.78 is 31.4. The lowest BCUT2D eigenvalue weighted by molar-refractivity contribution is 0.0532. The fourth-order valence-corrected chi connectivity index (χ4v) is 3.68. The number of ether oxygens (including phenoxy) is 1. The summed E-state index contributed by atoms with van der Waals surface area (Å²) in [6, 6.07) is 5.84. The number of esters is 1. The summed E-state index contributed by atoms with van der Waals surface area (Å²) in [5, 5.41) is 0.391. The average molecular weight is 347 g/mol. The predicted octanol–water partition coefficient (Wildman–Crippen LogP) is 2.77. The Morgan fingerprint density at radius 3 is 2.90 bits per heavy atom. The highest BCUT2D eigenvalue weighted by atomic mass is 35.5. The minimum absolute atomic E-state index is 0.0166. The van der Waals surface area contributed by atoms with Gasteiger partial charge in [0, 0.05) is 5.02 Å². The molecule has 21 heavy (non-hydrogen) atoms. The number of sulfonamides is 1. The van der Waals surface area contributed by atoms with Crippen molar-refractivity contribution in [3.8, 4) is 0 Å². The molecule has 0 unspecified atom stereocenters. The molecule has 2 aromatic rings. The van der Waals surface area contributed by atoms with Gasteiger partial charge in [-0.05, 0) is 25.1 Å². The molecule has 0 fully saturated rings. The molecule has 0 spiro atoms. The van der Waals surface area contributed by atoms with Gasteiger partial charge in [-0.2, -0.15) is 0 Å². The van der Waals surface area contributed by atoms with Crippen molar-refractivity contribution in [2.24, 2.45) is 0 Å². The van der Waals surface area contributed by atoms with E-state index in [1.807, 2.05) is 0 Å². The molecule has 0 atom stereocenters. The summed E-state index contributed by atoms with van der Waals surface area (Å²) in [5.74, 6) is -0.539. The first-order valence-corrected chi connectivity index (χ1v) is 8.51. The molecule has 0 aliphatic carbocycles. The number of benzene rings is 1. The number of carbonyl (C=O) groups excluding carboxylic acids is 1. The fraction of sp³-hybridized carbons (Fsp3) is 0.167. The van der Waals surface area contributed by atoms with E-state index >= 15 is 0 Å². The first-order chi connectivity index (χ1) is 9.92. The van der Waals surface area contributed by atoms with E-state index in [1.54, 1.807) is 13.0 Å². The zero-order valence-electron chi connectivity index (χ0n) is 10.9. The molecule has 0 saturated carbocycles. The van der Waals surface area contributed by atoms with Crippen molar-refractivity contribution in [1.82, 2.24) is 4.98 Å². The van der Waals surface area contributed by atoms with Gasteiger partial charge in [-0.15, -0.1) is 0 Å². The molecular formula is C12H11ClN2O4S2. The van der Waals surface area contributed by atoms with Crippen LogP contribution in [0.4, 0.5) is 5.13 Å². The summed E-state index contributed by atoms with van der Waals surface area (Å²) in [7, 11) is -3.80. The number of rotatable bonds is 5. The van der Waals surface area contributed by atoms with Gasteiger partial charge in [-0.3, -0.25) is 4.72 Å². The Morgan fingerprint density at radius 2 is 2.24 bits per heavy atom. The van der Waals surface area contributed by atoms with E-state index in [9.17, 15) is 13.2 Å². The highest BCUT2D eigenvalue weighted by Gasteiger charge is 2.18. The van der Waals surface area contributed by atoms with Crippen LogP contribution in [0.1, 0.15) is 16.6 Å². The van der Waals surface area contributed by atoms with E-state index in [0.29, 0.717) is 5.02 Å². The second-order valence-corrected chi connectivity index (χ2v) is 6.96. The maximum absolute atomic E-state index is 12.1. The van der Waals surface area contributed by atoms with Crippen molar-refractivity contribution >= 4 is 44.1 Å². The molecule has 1 aromatic carbocycles. The molecule has 0 aliphatic rings. The Labute approximate surface area is 130 Å². The second kappa shape index (κ2) is 6.42. The summed E-state index contributed by atoms with van der Waals surface area (Å²) in [4.78, 5) is 15.6. The third-order valence-corrected chi connectivity index (χ3v) is 4.90. The number of aromatic nitrogens is 1. The van der Waals surface area contributed by atoms with E-state index in [-0.39, 0.29) is 21.5 Å². The van der Waals surface area contributed by atoms with Crippen molar-refractivity contribution in [1.29, 1.82) is 0 Å². The summed E-state index contributed by atoms with van der Waals surface area (Å²) in [6.45, 7) is 1.92. The van der Waals surface area contributed by atoms with Crippen LogP contribution >= 0.6 is 22.9 Å². The fourth-order valence-electron chi connectivity index (χ4n) is 1.43. The SMILES string of the molecule is CCOC(=O)c1cnc(NS(=O)(=O)c2cccc(Cl)c2)s1. The maximum Gasteiger partial charge on any atom is 0.350 e. The zero-order chi connectivity index (χ0) is 15.5.